The minimum Gasteiger partial charge on any atom is -0.167 e. The normalized spacial score (nSPS) is 29.6. The zero-order chi connectivity index (χ0) is 14.5. The number of hydrogen-bond acceptors (Lipinski definition) is 1. The van der Waals surface area contributed by atoms with E-state index in [1.807, 2.05) is 0 Å². The van der Waals surface area contributed by atoms with Crippen LogP contribution in [0.3, 0.4) is 0 Å². The molecule has 3 atom stereocenters. The van der Waals surface area contributed by atoms with Crippen molar-refractivity contribution < 1.29 is 0 Å². The Kier molecular flexibility index (Phi) is 3.68. The highest BCUT2D eigenvalue weighted by Crippen LogP contribution is 2.59. The van der Waals surface area contributed by atoms with Crippen LogP contribution in [-0.4, -0.2) is 12.6 Å². The van der Waals surface area contributed by atoms with Crippen molar-refractivity contribution in [1.82, 2.24) is 0 Å². The molecule has 1 aromatic carbocycles. The number of rotatable bonds is 2. The number of allylic oxidation sites excluding steroid dienone is 4. The highest BCUT2D eigenvalue weighted by atomic mass is 35.6. The summed E-state index contributed by atoms with van der Waals surface area (Å²) in [7, 11) is -1.68. The van der Waals surface area contributed by atoms with Crippen molar-refractivity contribution in [3.63, 3.8) is 0 Å². The van der Waals surface area contributed by atoms with Gasteiger partial charge in [-0.25, -0.2) is 0 Å². The molecule has 3 heteroatoms. The molecule has 0 saturated carbocycles. The summed E-state index contributed by atoms with van der Waals surface area (Å²) in [5.41, 5.74) is 5.01. The van der Waals surface area contributed by atoms with Crippen molar-refractivity contribution >= 4 is 35.8 Å². The predicted octanol–water partition coefficient (Wildman–Crippen LogP) is 5.92. The van der Waals surface area contributed by atoms with E-state index in [9.17, 15) is 0 Å². The van der Waals surface area contributed by atoms with E-state index < -0.39 is 7.38 Å². The van der Waals surface area contributed by atoms with Gasteiger partial charge in [0.05, 0.1) is 0 Å². The molecule has 2 aliphatic rings. The molecule has 0 fully saturated rings. The molecule has 1 aliphatic carbocycles. The number of hydrogen-bond donors (Lipinski definition) is 0. The summed E-state index contributed by atoms with van der Waals surface area (Å²) in [6.07, 6.45) is 2.48. The van der Waals surface area contributed by atoms with Crippen LogP contribution in [-0.2, 0) is 0 Å². The Labute approximate surface area is 132 Å². The topological polar surface area (TPSA) is 0 Å². The molecule has 0 radical (unpaired) electrons. The fourth-order valence-corrected chi connectivity index (χ4v) is 9.83. The lowest BCUT2D eigenvalue weighted by Gasteiger charge is -2.29. The number of benzene rings is 1. The first kappa shape index (κ1) is 14.5. The van der Waals surface area contributed by atoms with E-state index in [1.54, 1.807) is 0 Å². The van der Waals surface area contributed by atoms with Crippen molar-refractivity contribution in [2.75, 3.05) is 0 Å². The van der Waals surface area contributed by atoms with E-state index in [0.29, 0.717) is 16.7 Å². The van der Waals surface area contributed by atoms with Crippen LogP contribution in [0.4, 0.5) is 0 Å². The Morgan fingerprint density at radius 1 is 1.10 bits per heavy atom. The SMILES string of the molecule is CC1=CC2C(c3ccccc3)=C(C)SC2C1[Si](C)(C)Cl. The number of fused-ring (bicyclic) bond motifs is 1. The van der Waals surface area contributed by atoms with Gasteiger partial charge in [-0.2, -0.15) is 11.1 Å². The largest absolute Gasteiger partial charge is 0.167 e. The molecule has 3 unspecified atom stereocenters. The summed E-state index contributed by atoms with van der Waals surface area (Å²) < 4.78 is 0. The van der Waals surface area contributed by atoms with Crippen molar-refractivity contribution in [3.05, 3.63) is 52.4 Å². The third-order valence-electron chi connectivity index (χ3n) is 4.47. The summed E-state index contributed by atoms with van der Waals surface area (Å²) in [5, 5.41) is 0.629. The van der Waals surface area contributed by atoms with Gasteiger partial charge in [0, 0.05) is 16.7 Å². The van der Waals surface area contributed by atoms with Gasteiger partial charge in [-0.15, -0.1) is 11.8 Å². The third kappa shape index (κ3) is 2.32. The summed E-state index contributed by atoms with van der Waals surface area (Å²) in [5.74, 6) is 0.554. The van der Waals surface area contributed by atoms with E-state index in [4.69, 9.17) is 11.1 Å². The first-order valence-electron chi connectivity index (χ1n) is 7.19. The Balaban J connectivity index is 2.00. The first-order valence-corrected chi connectivity index (χ1v) is 12.2. The molecule has 0 bridgehead atoms. The molecule has 0 spiro atoms. The molecule has 0 N–H and O–H groups in total. The van der Waals surface area contributed by atoms with Gasteiger partial charge < -0.3 is 0 Å². The van der Waals surface area contributed by atoms with Gasteiger partial charge in [0.2, 0.25) is 0 Å². The molecule has 1 aliphatic heterocycles. The Morgan fingerprint density at radius 2 is 1.75 bits per heavy atom. The minimum atomic E-state index is -1.68. The second-order valence-corrected chi connectivity index (χ2v) is 14.5. The van der Waals surface area contributed by atoms with Gasteiger partial charge in [0.1, 0.15) is 0 Å². The fourth-order valence-electron chi connectivity index (χ4n) is 3.78. The zero-order valence-corrected chi connectivity index (χ0v) is 15.1. The highest BCUT2D eigenvalue weighted by molar-refractivity contribution is 8.04. The lowest BCUT2D eigenvalue weighted by molar-refractivity contribution is 0.802. The third-order valence-corrected chi connectivity index (χ3v) is 9.12. The van der Waals surface area contributed by atoms with Crippen molar-refractivity contribution in [2.45, 2.75) is 37.7 Å². The number of halogens is 1. The average molecular weight is 321 g/mol. The standard InChI is InChI=1S/C17H21ClSSi/c1-11-10-14-15(13-8-6-5-7-9-13)12(2)19-16(14)17(11)20(3,4)18/h5-10,14,16-17H,1-4H3. The van der Waals surface area contributed by atoms with Gasteiger partial charge in [-0.05, 0) is 29.9 Å². The molecule has 20 heavy (non-hydrogen) atoms. The smallest absolute Gasteiger partial charge is 0.158 e. The van der Waals surface area contributed by atoms with Crippen molar-refractivity contribution in [2.24, 2.45) is 5.92 Å². The van der Waals surface area contributed by atoms with Crippen LogP contribution in [0.15, 0.2) is 46.9 Å². The van der Waals surface area contributed by atoms with E-state index in [2.05, 4.69) is 75.1 Å². The molecule has 3 rings (SSSR count). The Morgan fingerprint density at radius 3 is 2.35 bits per heavy atom. The lowest BCUT2D eigenvalue weighted by atomic mass is 9.92. The minimum absolute atomic E-state index is 0.554. The maximum atomic E-state index is 6.81. The van der Waals surface area contributed by atoms with E-state index in [1.165, 1.54) is 21.6 Å². The highest BCUT2D eigenvalue weighted by Gasteiger charge is 2.49. The molecular weight excluding hydrogens is 300 g/mol. The quantitative estimate of drug-likeness (QED) is 0.370. The van der Waals surface area contributed by atoms with Gasteiger partial charge in [0.25, 0.3) is 0 Å². The van der Waals surface area contributed by atoms with Gasteiger partial charge in [0.15, 0.2) is 7.38 Å². The molecule has 0 nitrogen and oxygen atoms in total. The van der Waals surface area contributed by atoms with Crippen LogP contribution in [0.5, 0.6) is 0 Å². The molecule has 0 saturated heterocycles. The first-order chi connectivity index (χ1) is 9.39. The lowest BCUT2D eigenvalue weighted by Crippen LogP contribution is -2.32. The molecule has 1 heterocycles. The summed E-state index contributed by atoms with van der Waals surface area (Å²) >= 11 is 8.86. The van der Waals surface area contributed by atoms with Crippen LogP contribution in [0.2, 0.25) is 18.6 Å². The summed E-state index contributed by atoms with van der Waals surface area (Å²) in [6.45, 7) is 9.12. The van der Waals surface area contributed by atoms with E-state index in [-0.39, 0.29) is 0 Å². The van der Waals surface area contributed by atoms with E-state index in [0.717, 1.165) is 0 Å². The molecule has 1 aromatic rings. The molecule has 0 aromatic heterocycles. The fraction of sp³-hybridized carbons (Fsp3) is 0.412. The summed E-state index contributed by atoms with van der Waals surface area (Å²) in [6, 6.07) is 10.8. The second kappa shape index (κ2) is 5.08. The maximum Gasteiger partial charge on any atom is 0.158 e. The van der Waals surface area contributed by atoms with Gasteiger partial charge in [-0.1, -0.05) is 55.1 Å². The molecule has 0 amide bonds. The second-order valence-electron chi connectivity index (χ2n) is 6.40. The van der Waals surface area contributed by atoms with Gasteiger partial charge in [-0.3, -0.25) is 0 Å². The average Bonchev–Trinajstić information content (AvgIpc) is 2.81. The van der Waals surface area contributed by atoms with Crippen LogP contribution >= 0.6 is 22.8 Å². The molecular formula is C17H21ClSSi. The Bertz CT molecular complexity index is 583. The summed E-state index contributed by atoms with van der Waals surface area (Å²) in [4.78, 5) is 1.48. The van der Waals surface area contributed by atoms with Crippen LogP contribution < -0.4 is 0 Å². The monoisotopic (exact) mass is 320 g/mol. The predicted molar refractivity (Wildman–Crippen MR) is 94.7 cm³/mol. The van der Waals surface area contributed by atoms with E-state index >= 15 is 0 Å². The maximum absolute atomic E-state index is 6.81. The van der Waals surface area contributed by atoms with Crippen LogP contribution in [0.25, 0.3) is 5.57 Å². The van der Waals surface area contributed by atoms with Crippen molar-refractivity contribution in [3.8, 4) is 0 Å². The Hall–Kier alpha value is -0.443. The zero-order valence-electron chi connectivity index (χ0n) is 12.5. The molecule has 106 valence electrons. The van der Waals surface area contributed by atoms with Crippen LogP contribution in [0, 0.1) is 5.92 Å². The van der Waals surface area contributed by atoms with Crippen LogP contribution in [0.1, 0.15) is 19.4 Å². The number of thioether (sulfide) groups is 1. The van der Waals surface area contributed by atoms with Gasteiger partial charge >= 0.3 is 0 Å². The van der Waals surface area contributed by atoms with Crippen molar-refractivity contribution in [1.29, 1.82) is 0 Å².